The third kappa shape index (κ3) is 1770. The summed E-state index contributed by atoms with van der Waals surface area (Å²) in [6.07, 6.45) is 0. The molecule has 0 atom stereocenters. The molecule has 1 nitrogen and oxygen atoms in total. The average Bonchev–Trinajstić information content (AvgIpc) is 0. The van der Waals surface area contributed by atoms with Crippen LogP contribution in [0.3, 0.4) is 0 Å². The Bertz CT molecular complexity index is 13.6. The Morgan fingerprint density at radius 2 is 0.400 bits per heavy atom. The van der Waals surface area contributed by atoms with Crippen molar-refractivity contribution >= 4 is 17.4 Å². The summed E-state index contributed by atoms with van der Waals surface area (Å²) < 4.78 is 0. The van der Waals surface area contributed by atoms with Crippen molar-refractivity contribution in [2.45, 2.75) is 0 Å². The van der Waals surface area contributed by atoms with E-state index in [0.717, 1.165) is 0 Å². The van der Waals surface area contributed by atoms with Crippen molar-refractivity contribution in [1.29, 1.82) is 0 Å². The standard InChI is InChI=1S/Al.7FH.Mn.H4O/h;7*1H;;1H4/q+3;;;;;;;;2*+2/p-7. The van der Waals surface area contributed by atoms with Gasteiger partial charge in [-0.15, -0.1) is 0 Å². The first-order valence-electron chi connectivity index (χ1n) is 0. The molecule has 4 N–H and O–H groups in total. The second kappa shape index (κ2) is 2540. The zero-order valence-corrected chi connectivity index (χ0v) is 6.64. The molecule has 0 unspecified atom stereocenters. The van der Waals surface area contributed by atoms with E-state index in [4.69, 9.17) is 0 Å². The minimum Gasteiger partial charge on any atom is -1.00 e. The predicted octanol–water partition coefficient (Wildman–Crippen LogP) is -22.5. The van der Waals surface area contributed by atoms with Crippen LogP contribution in [0, 0.1) is 0 Å². The molecule has 10 heavy (non-hydrogen) atoms. The van der Waals surface area contributed by atoms with E-state index in [0.29, 0.717) is 0 Å². The zero-order valence-electron chi connectivity index (χ0n) is 4.31. The van der Waals surface area contributed by atoms with Crippen molar-refractivity contribution in [2.24, 2.45) is 0 Å². The third-order valence-electron chi connectivity index (χ3n) is 0. The van der Waals surface area contributed by atoms with Gasteiger partial charge in [0.25, 0.3) is 0 Å². The largest absolute Gasteiger partial charge is 3.00 e. The minimum atomic E-state index is 0. The molecule has 0 fully saturated rings. The molecule has 0 heterocycles. The Hall–Kier alpha value is 0.522. The maximum atomic E-state index is 0. The molecular formula is H4AlF7MnO. The van der Waals surface area contributed by atoms with Crippen LogP contribution in [0.25, 0.3) is 0 Å². The van der Waals surface area contributed by atoms with E-state index < -0.39 is 0 Å². The normalized spacial score (nSPS) is 0. The van der Waals surface area contributed by atoms with Crippen molar-refractivity contribution in [1.82, 2.24) is 0 Å². The molecule has 0 aromatic carbocycles. The minimum absolute atomic E-state index is 0. The first-order chi connectivity index (χ1) is 0. The fourth-order valence-corrected chi connectivity index (χ4v) is 0. The Kier molecular flexibility index (Phi) is 889000. The first-order valence-corrected chi connectivity index (χ1v) is 0. The van der Waals surface area contributed by atoms with Crippen LogP contribution < -0.4 is 32.9 Å². The summed E-state index contributed by atoms with van der Waals surface area (Å²) in [5, 5.41) is 0. The van der Waals surface area contributed by atoms with Gasteiger partial charge in [-0.25, -0.2) is 0 Å². The maximum Gasteiger partial charge on any atom is 3.00 e. The number of halogens is 7. The van der Waals surface area contributed by atoms with E-state index in [2.05, 4.69) is 0 Å². The van der Waals surface area contributed by atoms with Crippen LogP contribution in [-0.2, 0) is 22.5 Å². The van der Waals surface area contributed by atoms with Gasteiger partial charge in [0.15, 0.2) is 0 Å². The van der Waals surface area contributed by atoms with E-state index in [1.807, 2.05) is 0 Å². The molecule has 0 saturated heterocycles. The van der Waals surface area contributed by atoms with E-state index >= 15 is 0 Å². The van der Waals surface area contributed by atoms with Crippen molar-refractivity contribution in [2.75, 3.05) is 0 Å². The monoisotopic (exact) mass is 235 g/mol. The number of rotatable bonds is 0. The summed E-state index contributed by atoms with van der Waals surface area (Å²) in [5.41, 5.74) is 0. The van der Waals surface area contributed by atoms with Crippen molar-refractivity contribution in [3.05, 3.63) is 0 Å². The van der Waals surface area contributed by atoms with Crippen LogP contribution in [-0.4, -0.2) is 17.4 Å². The smallest absolute Gasteiger partial charge is 1.00 e. The van der Waals surface area contributed by atoms with Gasteiger partial charge in [0.1, 0.15) is 0 Å². The van der Waals surface area contributed by atoms with Crippen LogP contribution >= 0.6 is 0 Å². The van der Waals surface area contributed by atoms with Crippen LogP contribution in [0.15, 0.2) is 0 Å². The maximum absolute atomic E-state index is 0. The Balaban J connectivity index is 0. The van der Waals surface area contributed by atoms with Crippen LogP contribution in [0.2, 0.25) is 0 Å². The SMILES string of the molecule is [Al+3].[F-].[F-].[F-].[F-].[F-].[F-].[F-].[Mn+2].[OH4+2]. The Morgan fingerprint density at radius 1 is 0.400 bits per heavy atom. The van der Waals surface area contributed by atoms with Gasteiger partial charge in [-0.3, -0.25) is 0 Å². The molecule has 0 spiro atoms. The van der Waals surface area contributed by atoms with Crippen LogP contribution in [0.5, 0.6) is 0 Å². The molecule has 0 aliphatic rings. The van der Waals surface area contributed by atoms with E-state index in [1.165, 1.54) is 0 Å². The summed E-state index contributed by atoms with van der Waals surface area (Å²) in [4.78, 5) is 0. The first kappa shape index (κ1) is 3500. The van der Waals surface area contributed by atoms with Crippen LogP contribution in [0.1, 0.15) is 0 Å². The predicted molar refractivity (Wildman–Crippen MR) is 12.0 cm³/mol. The summed E-state index contributed by atoms with van der Waals surface area (Å²) in [6, 6.07) is 0. The van der Waals surface area contributed by atoms with Gasteiger partial charge < -0.3 is 38.4 Å². The third-order valence-corrected chi connectivity index (χ3v) is 0. The van der Waals surface area contributed by atoms with Crippen molar-refractivity contribution in [3.63, 3.8) is 0 Å². The second-order valence-electron chi connectivity index (χ2n) is 0. The second-order valence-corrected chi connectivity index (χ2v) is 0. The fraction of sp³-hybridized carbons (Fsp3) is 0. The van der Waals surface area contributed by atoms with E-state index in [9.17, 15) is 0 Å². The summed E-state index contributed by atoms with van der Waals surface area (Å²) in [7, 11) is 0. The molecule has 0 aromatic heterocycles. The quantitative estimate of drug-likeness (QED) is 0.295. The molecule has 0 saturated carbocycles. The zero-order chi connectivity index (χ0) is 0. The van der Waals surface area contributed by atoms with Crippen molar-refractivity contribution in [3.8, 4) is 0 Å². The van der Waals surface area contributed by atoms with Gasteiger partial charge in [0.2, 0.25) is 0 Å². The fourth-order valence-electron chi connectivity index (χ4n) is 0. The molecule has 1 radical (unpaired) electrons. The van der Waals surface area contributed by atoms with Gasteiger partial charge >= 0.3 is 34.4 Å². The van der Waals surface area contributed by atoms with E-state index in [-0.39, 0.29) is 72.8 Å². The van der Waals surface area contributed by atoms with Gasteiger partial charge in [-0.05, 0) is 0 Å². The average molecular weight is 235 g/mol. The Morgan fingerprint density at radius 3 is 0.400 bits per heavy atom. The molecule has 0 aromatic rings. The van der Waals surface area contributed by atoms with Gasteiger partial charge in [0.05, 0.1) is 0 Å². The van der Waals surface area contributed by atoms with Crippen molar-refractivity contribution < 1.29 is 55.5 Å². The number of hydrogen-bond donors (Lipinski definition) is 0. The molecule has 0 amide bonds. The summed E-state index contributed by atoms with van der Waals surface area (Å²) in [6.45, 7) is 0. The molecule has 69 valence electrons. The molecule has 0 rings (SSSR count). The number of hydrogen-bond acceptors (Lipinski definition) is 0. The molecule has 0 aliphatic carbocycles. The molecule has 0 bridgehead atoms. The van der Waals surface area contributed by atoms with E-state index in [1.54, 1.807) is 0 Å². The summed E-state index contributed by atoms with van der Waals surface area (Å²) >= 11 is 0. The van der Waals surface area contributed by atoms with Crippen LogP contribution in [0.4, 0.5) is 0 Å². The topological polar surface area (TPSA) is 34.5 Å². The van der Waals surface area contributed by atoms with Gasteiger partial charge in [-0.1, -0.05) is 0 Å². The molecular weight excluding hydrogens is 231 g/mol. The van der Waals surface area contributed by atoms with Gasteiger partial charge in [-0.2, -0.15) is 0 Å². The Labute approximate surface area is 73.4 Å². The summed E-state index contributed by atoms with van der Waals surface area (Å²) in [5.74, 6) is 0. The molecule has 0 aliphatic heterocycles. The molecule has 10 heteroatoms. The van der Waals surface area contributed by atoms with Gasteiger partial charge in [0, 0.05) is 0 Å².